The number of H-pyrrole nitrogens is 1. The molecule has 92 valence electrons. The Hall–Kier alpha value is -1.57. The van der Waals surface area contributed by atoms with Crippen LogP contribution < -0.4 is 0 Å². The fourth-order valence-corrected chi connectivity index (χ4v) is 1.82. The molecule has 2 rings (SSSR count). The summed E-state index contributed by atoms with van der Waals surface area (Å²) in [5.74, 6) is 0. The normalized spacial score (nSPS) is 9.76. The van der Waals surface area contributed by atoms with Gasteiger partial charge in [-0.1, -0.05) is 13.8 Å². The molecule has 0 aliphatic heterocycles. The minimum Gasteiger partial charge on any atom is -0.278 e. The first-order chi connectivity index (χ1) is 8.09. The lowest BCUT2D eigenvalue weighted by molar-refractivity contribution is 1.09. The summed E-state index contributed by atoms with van der Waals surface area (Å²) in [5, 5.41) is 7.10. The molecule has 0 unspecified atom stereocenters. The largest absolute Gasteiger partial charge is 0.278 e. The van der Waals surface area contributed by atoms with Crippen LogP contribution in [-0.4, -0.2) is 10.2 Å². The third-order valence-corrected chi connectivity index (χ3v) is 3.04. The fraction of sp³-hybridized carbons (Fsp3) is 0.400. The molecule has 2 aromatic rings. The van der Waals surface area contributed by atoms with Crippen LogP contribution in [0.25, 0.3) is 11.3 Å². The van der Waals surface area contributed by atoms with E-state index in [2.05, 4.69) is 50.0 Å². The molecule has 0 aliphatic carbocycles. The molecule has 1 aromatic carbocycles. The average Bonchev–Trinajstić information content (AvgIpc) is 2.74. The Morgan fingerprint density at radius 3 is 1.82 bits per heavy atom. The van der Waals surface area contributed by atoms with Gasteiger partial charge in [-0.05, 0) is 62.1 Å². The van der Waals surface area contributed by atoms with E-state index in [0.29, 0.717) is 0 Å². The van der Waals surface area contributed by atoms with E-state index in [1.807, 2.05) is 20.0 Å². The first-order valence-corrected chi connectivity index (χ1v) is 6.18. The van der Waals surface area contributed by atoms with Crippen molar-refractivity contribution in [3.8, 4) is 11.3 Å². The maximum atomic E-state index is 4.05. The molecule has 2 heteroatoms. The predicted octanol–water partition coefficient (Wildman–Crippen LogP) is 4.34. The Morgan fingerprint density at radius 2 is 1.41 bits per heavy atom. The zero-order chi connectivity index (χ0) is 13.0. The van der Waals surface area contributed by atoms with E-state index in [1.54, 1.807) is 0 Å². The van der Waals surface area contributed by atoms with Gasteiger partial charge in [-0.25, -0.2) is 0 Å². The third kappa shape index (κ3) is 2.76. The number of nitrogens with zero attached hydrogens (tertiary/aromatic N) is 1. The summed E-state index contributed by atoms with van der Waals surface area (Å²) in [4.78, 5) is 0. The highest BCUT2D eigenvalue weighted by Crippen LogP contribution is 2.25. The average molecular weight is 230 g/mol. The fourth-order valence-electron chi connectivity index (χ4n) is 1.82. The van der Waals surface area contributed by atoms with Crippen LogP contribution in [-0.2, 0) is 0 Å². The summed E-state index contributed by atoms with van der Waals surface area (Å²) in [7, 11) is 0. The van der Waals surface area contributed by atoms with Crippen molar-refractivity contribution < 1.29 is 0 Å². The molecule has 0 saturated carbocycles. The summed E-state index contributed by atoms with van der Waals surface area (Å²) in [6.45, 7) is 12.5. The molecule has 0 aliphatic rings. The summed E-state index contributed by atoms with van der Waals surface area (Å²) >= 11 is 0. The van der Waals surface area contributed by atoms with Crippen molar-refractivity contribution in [1.82, 2.24) is 10.2 Å². The van der Waals surface area contributed by atoms with Gasteiger partial charge in [0, 0.05) is 5.56 Å². The van der Waals surface area contributed by atoms with Gasteiger partial charge in [-0.3, -0.25) is 5.10 Å². The second kappa shape index (κ2) is 5.67. The SMILES string of the molecule is CC.Cc1cn[nH]c1-c1cc(C)c(C)c(C)c1. The Kier molecular flexibility index (Phi) is 4.50. The number of hydrogen-bond donors (Lipinski definition) is 1. The van der Waals surface area contributed by atoms with Crippen molar-refractivity contribution >= 4 is 0 Å². The van der Waals surface area contributed by atoms with E-state index in [0.717, 1.165) is 5.69 Å². The molecule has 2 nitrogen and oxygen atoms in total. The van der Waals surface area contributed by atoms with Gasteiger partial charge >= 0.3 is 0 Å². The third-order valence-electron chi connectivity index (χ3n) is 3.04. The zero-order valence-corrected chi connectivity index (χ0v) is 11.7. The van der Waals surface area contributed by atoms with Crippen LogP contribution in [0.1, 0.15) is 36.1 Å². The molecule has 0 amide bonds. The van der Waals surface area contributed by atoms with Gasteiger partial charge < -0.3 is 0 Å². The maximum Gasteiger partial charge on any atom is 0.0679 e. The highest BCUT2D eigenvalue weighted by Gasteiger charge is 2.06. The van der Waals surface area contributed by atoms with Gasteiger partial charge in [0.15, 0.2) is 0 Å². The Morgan fingerprint density at radius 1 is 0.882 bits per heavy atom. The van der Waals surface area contributed by atoms with Gasteiger partial charge in [0.2, 0.25) is 0 Å². The zero-order valence-electron chi connectivity index (χ0n) is 11.7. The number of hydrogen-bond acceptors (Lipinski definition) is 1. The topological polar surface area (TPSA) is 28.7 Å². The molecule has 0 atom stereocenters. The number of aromatic nitrogens is 2. The second-order valence-electron chi connectivity index (χ2n) is 4.16. The molecule has 0 radical (unpaired) electrons. The Labute approximate surface area is 104 Å². The van der Waals surface area contributed by atoms with Gasteiger partial charge in [-0.15, -0.1) is 0 Å². The summed E-state index contributed by atoms with van der Waals surface area (Å²) < 4.78 is 0. The summed E-state index contributed by atoms with van der Waals surface area (Å²) in [6.07, 6.45) is 1.86. The quantitative estimate of drug-likeness (QED) is 0.775. The van der Waals surface area contributed by atoms with Crippen LogP contribution in [0, 0.1) is 27.7 Å². The summed E-state index contributed by atoms with van der Waals surface area (Å²) in [5.41, 5.74) is 7.58. The molecule has 0 spiro atoms. The predicted molar refractivity (Wildman–Crippen MR) is 74.3 cm³/mol. The molecule has 0 saturated heterocycles. The van der Waals surface area contributed by atoms with E-state index in [-0.39, 0.29) is 0 Å². The molecule has 1 aromatic heterocycles. The van der Waals surface area contributed by atoms with E-state index in [9.17, 15) is 0 Å². The van der Waals surface area contributed by atoms with Crippen molar-refractivity contribution in [3.63, 3.8) is 0 Å². The smallest absolute Gasteiger partial charge is 0.0679 e. The standard InChI is InChI=1S/C13H16N2.C2H6/c1-8-5-12(6-9(2)11(8)4)13-10(3)7-14-15-13;1-2/h5-7H,1-4H3,(H,14,15);1-2H3. The maximum absolute atomic E-state index is 4.05. The number of nitrogens with one attached hydrogen (secondary N) is 1. The van der Waals surface area contributed by atoms with Crippen LogP contribution in [0.15, 0.2) is 18.3 Å². The van der Waals surface area contributed by atoms with E-state index in [1.165, 1.54) is 27.8 Å². The molecular formula is C15H22N2. The lowest BCUT2D eigenvalue weighted by atomic mass is 9.98. The van der Waals surface area contributed by atoms with Crippen molar-refractivity contribution in [2.24, 2.45) is 0 Å². The Balaban J connectivity index is 0.000000686. The lowest BCUT2D eigenvalue weighted by Gasteiger charge is -2.08. The first kappa shape index (κ1) is 13.5. The first-order valence-electron chi connectivity index (χ1n) is 6.18. The van der Waals surface area contributed by atoms with Gasteiger partial charge in [0.05, 0.1) is 11.9 Å². The number of aromatic amines is 1. The van der Waals surface area contributed by atoms with E-state index in [4.69, 9.17) is 0 Å². The Bertz CT molecular complexity index is 472. The van der Waals surface area contributed by atoms with E-state index >= 15 is 0 Å². The van der Waals surface area contributed by atoms with Gasteiger partial charge in [0.1, 0.15) is 0 Å². The minimum atomic E-state index is 1.13. The van der Waals surface area contributed by atoms with Crippen LogP contribution in [0.5, 0.6) is 0 Å². The molecule has 1 N–H and O–H groups in total. The van der Waals surface area contributed by atoms with Gasteiger partial charge in [-0.2, -0.15) is 5.10 Å². The lowest BCUT2D eigenvalue weighted by Crippen LogP contribution is -1.90. The minimum absolute atomic E-state index is 1.13. The van der Waals surface area contributed by atoms with Crippen molar-refractivity contribution in [1.29, 1.82) is 0 Å². The molecule has 0 bridgehead atoms. The van der Waals surface area contributed by atoms with Crippen molar-refractivity contribution in [3.05, 3.63) is 40.6 Å². The second-order valence-corrected chi connectivity index (χ2v) is 4.16. The van der Waals surface area contributed by atoms with E-state index < -0.39 is 0 Å². The molecule has 1 heterocycles. The number of aryl methyl sites for hydroxylation is 3. The van der Waals surface area contributed by atoms with Crippen LogP contribution in [0.2, 0.25) is 0 Å². The van der Waals surface area contributed by atoms with Crippen molar-refractivity contribution in [2.75, 3.05) is 0 Å². The molecule has 17 heavy (non-hydrogen) atoms. The molecule has 0 fully saturated rings. The van der Waals surface area contributed by atoms with Crippen molar-refractivity contribution in [2.45, 2.75) is 41.5 Å². The van der Waals surface area contributed by atoms with Crippen LogP contribution in [0.4, 0.5) is 0 Å². The van der Waals surface area contributed by atoms with Gasteiger partial charge in [0.25, 0.3) is 0 Å². The monoisotopic (exact) mass is 230 g/mol. The van der Waals surface area contributed by atoms with Crippen LogP contribution in [0.3, 0.4) is 0 Å². The van der Waals surface area contributed by atoms with Crippen LogP contribution >= 0.6 is 0 Å². The number of benzene rings is 1. The highest BCUT2D eigenvalue weighted by atomic mass is 15.1. The summed E-state index contributed by atoms with van der Waals surface area (Å²) in [6, 6.07) is 4.42. The number of rotatable bonds is 1. The highest BCUT2D eigenvalue weighted by molar-refractivity contribution is 5.65. The molecular weight excluding hydrogens is 208 g/mol.